The zero-order chi connectivity index (χ0) is 15.8. The minimum Gasteiger partial charge on any atom is -0.392 e. The van der Waals surface area contributed by atoms with Crippen molar-refractivity contribution in [1.82, 2.24) is 0 Å². The molecule has 0 aromatic rings. The summed E-state index contributed by atoms with van der Waals surface area (Å²) in [5.41, 5.74) is 1.71. The van der Waals surface area contributed by atoms with E-state index in [0.29, 0.717) is 12.8 Å². The van der Waals surface area contributed by atoms with Crippen molar-refractivity contribution >= 4 is 15.6 Å². The molecule has 118 valence electrons. The summed E-state index contributed by atoms with van der Waals surface area (Å²) in [6, 6.07) is 0. The highest BCUT2D eigenvalue weighted by atomic mass is 31.3. The van der Waals surface area contributed by atoms with Crippen LogP contribution >= 0.6 is 15.6 Å². The first-order chi connectivity index (χ1) is 9.06. The molecule has 0 bridgehead atoms. The van der Waals surface area contributed by atoms with Crippen molar-refractivity contribution in [2.75, 3.05) is 13.2 Å². The Bertz CT molecular complexity index is 450. The van der Waals surface area contributed by atoms with Crippen molar-refractivity contribution in [1.29, 1.82) is 0 Å². The summed E-state index contributed by atoms with van der Waals surface area (Å²) in [6.07, 6.45) is 4.74. The van der Waals surface area contributed by atoms with Crippen LogP contribution < -0.4 is 0 Å². The highest BCUT2D eigenvalue weighted by Crippen LogP contribution is 2.57. The zero-order valence-corrected chi connectivity index (χ0v) is 13.1. The molecule has 0 aliphatic carbocycles. The van der Waals surface area contributed by atoms with Crippen LogP contribution in [-0.4, -0.2) is 33.0 Å². The molecular formula is C10H20O8P2. The lowest BCUT2D eigenvalue weighted by Gasteiger charge is -2.11. The SMILES string of the molecule is C/C(=C\CC/C(C)=C/COP(=O)(O)OP(=O)(O)O)CO. The van der Waals surface area contributed by atoms with Gasteiger partial charge in [-0.1, -0.05) is 23.3 Å². The Labute approximate surface area is 117 Å². The second-order valence-corrected chi connectivity index (χ2v) is 6.96. The topological polar surface area (TPSA) is 134 Å². The number of hydrogen-bond acceptors (Lipinski definition) is 5. The van der Waals surface area contributed by atoms with E-state index in [4.69, 9.17) is 19.8 Å². The van der Waals surface area contributed by atoms with Crippen molar-refractivity contribution in [3.05, 3.63) is 23.3 Å². The molecule has 4 N–H and O–H groups in total. The molecule has 0 amide bonds. The smallest absolute Gasteiger partial charge is 0.392 e. The third kappa shape index (κ3) is 11.5. The second kappa shape index (κ2) is 8.87. The van der Waals surface area contributed by atoms with Gasteiger partial charge >= 0.3 is 15.6 Å². The number of rotatable bonds is 9. The number of phosphoric acid groups is 2. The van der Waals surface area contributed by atoms with E-state index in [1.807, 2.05) is 6.08 Å². The Morgan fingerprint density at radius 2 is 1.70 bits per heavy atom. The number of hydrogen-bond donors (Lipinski definition) is 4. The molecule has 10 heteroatoms. The van der Waals surface area contributed by atoms with Gasteiger partial charge in [-0.15, -0.1) is 0 Å². The Morgan fingerprint density at radius 1 is 1.10 bits per heavy atom. The molecule has 0 aliphatic rings. The Kier molecular flexibility index (Phi) is 8.74. The van der Waals surface area contributed by atoms with Crippen molar-refractivity contribution in [2.45, 2.75) is 26.7 Å². The maximum absolute atomic E-state index is 11.1. The summed E-state index contributed by atoms with van der Waals surface area (Å²) in [7, 11) is -9.84. The predicted molar refractivity (Wildman–Crippen MR) is 72.7 cm³/mol. The van der Waals surface area contributed by atoms with Crippen LogP contribution in [0.3, 0.4) is 0 Å². The lowest BCUT2D eigenvalue weighted by Crippen LogP contribution is -1.94. The highest BCUT2D eigenvalue weighted by Gasteiger charge is 2.31. The van der Waals surface area contributed by atoms with Crippen LogP contribution in [0.25, 0.3) is 0 Å². The van der Waals surface area contributed by atoms with Gasteiger partial charge in [0.1, 0.15) is 0 Å². The molecule has 1 atom stereocenters. The van der Waals surface area contributed by atoms with Crippen molar-refractivity contribution < 1.29 is 37.8 Å². The highest BCUT2D eigenvalue weighted by molar-refractivity contribution is 7.60. The first-order valence-electron chi connectivity index (χ1n) is 5.72. The average Bonchev–Trinajstić information content (AvgIpc) is 2.25. The lowest BCUT2D eigenvalue weighted by atomic mass is 10.1. The van der Waals surface area contributed by atoms with Gasteiger partial charge in [0.15, 0.2) is 0 Å². The molecule has 0 spiro atoms. The van der Waals surface area contributed by atoms with Gasteiger partial charge in [0, 0.05) is 0 Å². The van der Waals surface area contributed by atoms with Crippen LogP contribution in [0.15, 0.2) is 23.3 Å². The van der Waals surface area contributed by atoms with Gasteiger partial charge in [0.2, 0.25) is 0 Å². The fourth-order valence-corrected chi connectivity index (χ4v) is 2.67. The van der Waals surface area contributed by atoms with Gasteiger partial charge in [-0.05, 0) is 26.7 Å². The van der Waals surface area contributed by atoms with Gasteiger partial charge in [0.25, 0.3) is 0 Å². The fourth-order valence-electron chi connectivity index (χ4n) is 1.14. The van der Waals surface area contributed by atoms with Gasteiger partial charge in [-0.25, -0.2) is 9.13 Å². The summed E-state index contributed by atoms with van der Waals surface area (Å²) >= 11 is 0. The normalized spacial score (nSPS) is 17.1. The van der Waals surface area contributed by atoms with Crippen LogP contribution in [-0.2, 0) is 18.0 Å². The predicted octanol–water partition coefficient (Wildman–Crippen LogP) is 1.88. The molecule has 1 unspecified atom stereocenters. The third-order valence-corrected chi connectivity index (χ3v) is 4.31. The largest absolute Gasteiger partial charge is 0.481 e. The minimum absolute atomic E-state index is 0.000712. The molecule has 0 radical (unpaired) electrons. The molecule has 20 heavy (non-hydrogen) atoms. The van der Waals surface area contributed by atoms with E-state index in [2.05, 4.69) is 8.83 Å². The van der Waals surface area contributed by atoms with E-state index < -0.39 is 15.6 Å². The maximum atomic E-state index is 11.1. The van der Waals surface area contributed by atoms with Gasteiger partial charge < -0.3 is 19.8 Å². The summed E-state index contributed by atoms with van der Waals surface area (Å²) in [4.78, 5) is 25.8. The van der Waals surface area contributed by atoms with Gasteiger partial charge in [0.05, 0.1) is 13.2 Å². The molecule has 0 aliphatic heterocycles. The van der Waals surface area contributed by atoms with Crippen molar-refractivity contribution in [3.8, 4) is 0 Å². The third-order valence-electron chi connectivity index (χ3n) is 2.16. The molecule has 8 nitrogen and oxygen atoms in total. The monoisotopic (exact) mass is 330 g/mol. The molecule has 0 saturated heterocycles. The van der Waals surface area contributed by atoms with E-state index >= 15 is 0 Å². The van der Waals surface area contributed by atoms with E-state index in [9.17, 15) is 9.13 Å². The Hall–Kier alpha value is -0.300. The summed E-state index contributed by atoms with van der Waals surface area (Å²) in [5, 5.41) is 8.78. The Balaban J connectivity index is 4.17. The molecule has 0 aromatic heterocycles. The number of aliphatic hydroxyl groups excluding tert-OH is 1. The number of phosphoric ester groups is 1. The van der Waals surface area contributed by atoms with Gasteiger partial charge in [-0.2, -0.15) is 4.31 Å². The van der Waals surface area contributed by atoms with Crippen LogP contribution in [0.4, 0.5) is 0 Å². The number of aliphatic hydroxyl groups is 1. The maximum Gasteiger partial charge on any atom is 0.481 e. The van der Waals surface area contributed by atoms with E-state index in [1.165, 1.54) is 6.08 Å². The molecule has 0 aromatic carbocycles. The van der Waals surface area contributed by atoms with Gasteiger partial charge in [-0.3, -0.25) is 4.52 Å². The summed E-state index contributed by atoms with van der Waals surface area (Å²) < 4.78 is 29.5. The van der Waals surface area contributed by atoms with E-state index in [0.717, 1.165) is 11.1 Å². The van der Waals surface area contributed by atoms with Crippen molar-refractivity contribution in [2.24, 2.45) is 0 Å². The zero-order valence-electron chi connectivity index (χ0n) is 11.3. The number of allylic oxidation sites excluding steroid dienone is 2. The van der Waals surface area contributed by atoms with Crippen LogP contribution in [0.1, 0.15) is 26.7 Å². The summed E-state index contributed by atoms with van der Waals surface area (Å²) in [5.74, 6) is 0. The molecule has 0 heterocycles. The van der Waals surface area contributed by atoms with Crippen molar-refractivity contribution in [3.63, 3.8) is 0 Å². The molecule has 0 fully saturated rings. The standard InChI is InChI=1S/C10H20O8P2/c1-9(4-3-5-10(2)8-11)6-7-17-20(15,16)18-19(12,13)14/h5-6,11H,3-4,7-8H2,1-2H3,(H,15,16)(H2,12,13,14)/b9-6+,10-5+. The van der Waals surface area contributed by atoms with Crippen LogP contribution in [0.5, 0.6) is 0 Å². The molecule has 0 saturated carbocycles. The van der Waals surface area contributed by atoms with E-state index in [-0.39, 0.29) is 13.2 Å². The lowest BCUT2D eigenvalue weighted by molar-refractivity contribution is 0.191. The first-order valence-corrected chi connectivity index (χ1v) is 8.74. The Morgan fingerprint density at radius 3 is 2.20 bits per heavy atom. The first kappa shape index (κ1) is 19.7. The minimum atomic E-state index is -5.07. The molecular weight excluding hydrogens is 310 g/mol. The second-order valence-electron chi connectivity index (χ2n) is 4.13. The van der Waals surface area contributed by atoms with Crippen LogP contribution in [0, 0.1) is 0 Å². The summed E-state index contributed by atoms with van der Waals surface area (Å²) in [6.45, 7) is 3.27. The quantitative estimate of drug-likeness (QED) is 0.372. The fraction of sp³-hybridized carbons (Fsp3) is 0.600. The van der Waals surface area contributed by atoms with E-state index in [1.54, 1.807) is 13.8 Å². The van der Waals surface area contributed by atoms with Crippen LogP contribution in [0.2, 0.25) is 0 Å². The average molecular weight is 330 g/mol. The molecule has 0 rings (SSSR count).